The van der Waals surface area contributed by atoms with Crippen molar-refractivity contribution in [3.8, 4) is 0 Å². The molecular weight excluding hydrogens is 321 g/mol. The number of aromatic nitrogens is 1. The number of H-pyrrole nitrogens is 1. The van der Waals surface area contributed by atoms with Gasteiger partial charge in [0.1, 0.15) is 5.82 Å². The lowest BCUT2D eigenvalue weighted by Crippen LogP contribution is -2.38. The van der Waals surface area contributed by atoms with Crippen LogP contribution in [0, 0.1) is 5.82 Å². The Morgan fingerprint density at radius 1 is 1.48 bits per heavy atom. The highest BCUT2D eigenvalue weighted by Gasteiger charge is 2.29. The topological polar surface area (TPSA) is 82.3 Å². The second-order valence-electron chi connectivity index (χ2n) is 5.85. The molecular formula is C15H18FN3O3S. The number of rotatable bonds is 4. The molecule has 2 aromatic rings. The summed E-state index contributed by atoms with van der Waals surface area (Å²) >= 11 is 0. The standard InChI is InChI=1S/C15H18FN3O3S/c1-23(21,22)19-5-4-12(9-19)18-15(20)6-10-8-17-14-7-11(16)2-3-13(10)14/h2-3,7-8,12,17H,4-6,9H2,1H3,(H,18,20). The zero-order chi connectivity index (χ0) is 16.6. The number of nitrogens with zero attached hydrogens (tertiary/aromatic N) is 1. The van der Waals surface area contributed by atoms with Gasteiger partial charge in [-0.25, -0.2) is 17.1 Å². The molecule has 2 N–H and O–H groups in total. The van der Waals surface area contributed by atoms with E-state index in [2.05, 4.69) is 10.3 Å². The van der Waals surface area contributed by atoms with Gasteiger partial charge < -0.3 is 10.3 Å². The summed E-state index contributed by atoms with van der Waals surface area (Å²) in [7, 11) is -3.21. The second-order valence-corrected chi connectivity index (χ2v) is 7.84. The summed E-state index contributed by atoms with van der Waals surface area (Å²) in [6, 6.07) is 4.22. The van der Waals surface area contributed by atoms with Crippen molar-refractivity contribution in [3.63, 3.8) is 0 Å². The molecule has 1 unspecified atom stereocenters. The number of hydrogen-bond donors (Lipinski definition) is 2. The number of sulfonamides is 1. The van der Waals surface area contributed by atoms with E-state index >= 15 is 0 Å². The molecule has 0 saturated carbocycles. The molecule has 1 aromatic heterocycles. The molecule has 124 valence electrons. The van der Waals surface area contributed by atoms with Gasteiger partial charge in [0, 0.05) is 36.2 Å². The quantitative estimate of drug-likeness (QED) is 0.872. The van der Waals surface area contributed by atoms with Crippen LogP contribution >= 0.6 is 0 Å². The number of carbonyl (C=O) groups is 1. The van der Waals surface area contributed by atoms with Crippen LogP contribution in [0.3, 0.4) is 0 Å². The number of halogens is 1. The van der Waals surface area contributed by atoms with E-state index in [9.17, 15) is 17.6 Å². The Bertz CT molecular complexity index is 847. The molecule has 1 amide bonds. The van der Waals surface area contributed by atoms with Gasteiger partial charge in [-0.1, -0.05) is 0 Å². The monoisotopic (exact) mass is 339 g/mol. The fourth-order valence-electron chi connectivity index (χ4n) is 2.90. The van der Waals surface area contributed by atoms with Crippen molar-refractivity contribution in [3.05, 3.63) is 35.8 Å². The largest absolute Gasteiger partial charge is 0.361 e. The fraction of sp³-hybridized carbons (Fsp3) is 0.400. The third-order valence-corrected chi connectivity index (χ3v) is 5.34. The van der Waals surface area contributed by atoms with Crippen molar-refractivity contribution in [2.45, 2.75) is 18.9 Å². The summed E-state index contributed by atoms with van der Waals surface area (Å²) < 4.78 is 37.5. The highest BCUT2D eigenvalue weighted by Crippen LogP contribution is 2.20. The molecule has 3 rings (SSSR count). The summed E-state index contributed by atoms with van der Waals surface area (Å²) in [5.41, 5.74) is 1.44. The van der Waals surface area contributed by atoms with Crippen LogP contribution in [-0.4, -0.2) is 49.0 Å². The Kier molecular flexibility index (Phi) is 4.11. The van der Waals surface area contributed by atoms with E-state index < -0.39 is 10.0 Å². The van der Waals surface area contributed by atoms with Gasteiger partial charge in [-0.3, -0.25) is 4.79 Å². The lowest BCUT2D eigenvalue weighted by molar-refractivity contribution is -0.121. The molecule has 2 heterocycles. The first-order valence-corrected chi connectivity index (χ1v) is 9.18. The molecule has 1 aliphatic heterocycles. The highest BCUT2D eigenvalue weighted by atomic mass is 32.2. The first-order chi connectivity index (χ1) is 10.8. The summed E-state index contributed by atoms with van der Waals surface area (Å²) in [5.74, 6) is -0.502. The maximum atomic E-state index is 13.2. The zero-order valence-corrected chi connectivity index (χ0v) is 13.5. The first kappa shape index (κ1) is 15.9. The molecule has 1 saturated heterocycles. The Hall–Kier alpha value is -1.93. The van der Waals surface area contributed by atoms with Gasteiger partial charge in [0.2, 0.25) is 15.9 Å². The number of carbonyl (C=O) groups excluding carboxylic acids is 1. The van der Waals surface area contributed by atoms with E-state index in [-0.39, 0.29) is 24.2 Å². The van der Waals surface area contributed by atoms with E-state index in [1.807, 2.05) is 0 Å². The van der Waals surface area contributed by atoms with Crippen molar-refractivity contribution < 1.29 is 17.6 Å². The summed E-state index contributed by atoms with van der Waals surface area (Å²) in [6.07, 6.45) is 3.64. The van der Waals surface area contributed by atoms with Crippen LogP contribution in [0.1, 0.15) is 12.0 Å². The number of aromatic amines is 1. The molecule has 0 spiro atoms. The molecule has 0 aliphatic carbocycles. The van der Waals surface area contributed by atoms with E-state index in [0.29, 0.717) is 25.0 Å². The molecule has 1 aliphatic rings. The van der Waals surface area contributed by atoms with Crippen LogP contribution in [0.25, 0.3) is 10.9 Å². The molecule has 1 atom stereocenters. The van der Waals surface area contributed by atoms with E-state index in [0.717, 1.165) is 10.9 Å². The minimum Gasteiger partial charge on any atom is -0.361 e. The van der Waals surface area contributed by atoms with Crippen LogP contribution < -0.4 is 5.32 Å². The number of nitrogens with one attached hydrogen (secondary N) is 2. The van der Waals surface area contributed by atoms with Gasteiger partial charge in [0.25, 0.3) is 0 Å². The molecule has 1 fully saturated rings. The lowest BCUT2D eigenvalue weighted by atomic mass is 10.1. The normalized spacial score (nSPS) is 19.3. The fourth-order valence-corrected chi connectivity index (χ4v) is 3.79. The Morgan fingerprint density at radius 3 is 2.96 bits per heavy atom. The van der Waals surface area contributed by atoms with Crippen molar-refractivity contribution in [1.82, 2.24) is 14.6 Å². The van der Waals surface area contributed by atoms with E-state index in [1.54, 1.807) is 12.3 Å². The summed E-state index contributed by atoms with van der Waals surface area (Å²) in [6.45, 7) is 0.736. The third kappa shape index (κ3) is 3.53. The van der Waals surface area contributed by atoms with Crippen LogP contribution in [0.4, 0.5) is 4.39 Å². The lowest BCUT2D eigenvalue weighted by Gasteiger charge is -2.14. The van der Waals surface area contributed by atoms with Crippen molar-refractivity contribution >= 4 is 26.8 Å². The number of benzene rings is 1. The van der Waals surface area contributed by atoms with Crippen LogP contribution in [0.2, 0.25) is 0 Å². The molecule has 0 radical (unpaired) electrons. The molecule has 1 aromatic carbocycles. The van der Waals surface area contributed by atoms with Crippen molar-refractivity contribution in [2.24, 2.45) is 0 Å². The maximum Gasteiger partial charge on any atom is 0.224 e. The minimum atomic E-state index is -3.21. The van der Waals surface area contributed by atoms with Gasteiger partial charge >= 0.3 is 0 Å². The minimum absolute atomic E-state index is 0.167. The van der Waals surface area contributed by atoms with E-state index in [1.165, 1.54) is 22.7 Å². The predicted molar refractivity (Wildman–Crippen MR) is 84.9 cm³/mol. The summed E-state index contributed by atoms with van der Waals surface area (Å²) in [4.78, 5) is 15.1. The predicted octanol–water partition coefficient (Wildman–Crippen LogP) is 1.000. The maximum absolute atomic E-state index is 13.2. The molecule has 6 nitrogen and oxygen atoms in total. The van der Waals surface area contributed by atoms with Crippen molar-refractivity contribution in [1.29, 1.82) is 0 Å². The van der Waals surface area contributed by atoms with Crippen molar-refractivity contribution in [2.75, 3.05) is 19.3 Å². The molecule has 8 heteroatoms. The Morgan fingerprint density at radius 2 is 2.26 bits per heavy atom. The SMILES string of the molecule is CS(=O)(=O)N1CCC(NC(=O)Cc2c[nH]c3cc(F)ccc23)C1. The van der Waals surface area contributed by atoms with E-state index in [4.69, 9.17) is 0 Å². The van der Waals surface area contributed by atoms with Gasteiger partial charge in [0.05, 0.1) is 12.7 Å². The average Bonchev–Trinajstić information content (AvgIpc) is 3.05. The second kappa shape index (κ2) is 5.93. The van der Waals surface area contributed by atoms with Gasteiger partial charge in [-0.05, 0) is 30.2 Å². The number of amides is 1. The number of hydrogen-bond acceptors (Lipinski definition) is 3. The van der Waals surface area contributed by atoms with Crippen LogP contribution in [0.15, 0.2) is 24.4 Å². The summed E-state index contributed by atoms with van der Waals surface area (Å²) in [5, 5.41) is 3.67. The third-order valence-electron chi connectivity index (χ3n) is 4.07. The zero-order valence-electron chi connectivity index (χ0n) is 12.7. The van der Waals surface area contributed by atoms with Gasteiger partial charge in [0.15, 0.2) is 0 Å². The number of fused-ring (bicyclic) bond motifs is 1. The molecule has 0 bridgehead atoms. The van der Waals surface area contributed by atoms with Gasteiger partial charge in [-0.2, -0.15) is 0 Å². The first-order valence-electron chi connectivity index (χ1n) is 7.33. The Balaban J connectivity index is 1.63. The average molecular weight is 339 g/mol. The van der Waals surface area contributed by atoms with Gasteiger partial charge in [-0.15, -0.1) is 0 Å². The van der Waals surface area contributed by atoms with Crippen LogP contribution in [0.5, 0.6) is 0 Å². The van der Waals surface area contributed by atoms with Crippen LogP contribution in [-0.2, 0) is 21.2 Å². The molecule has 23 heavy (non-hydrogen) atoms. The Labute approximate surface area is 133 Å². The smallest absolute Gasteiger partial charge is 0.224 e. The highest BCUT2D eigenvalue weighted by molar-refractivity contribution is 7.88.